The van der Waals surface area contributed by atoms with Crippen LogP contribution in [0.4, 0.5) is 0 Å². The summed E-state index contributed by atoms with van der Waals surface area (Å²) in [5.74, 6) is -0.289. The molecule has 7 nitrogen and oxygen atoms in total. The SMILES string of the molecule is CCCC(=O)NC(CCCN=C(N)N)C(=O)c1nc2ccccc2s1. The molecule has 25 heavy (non-hydrogen) atoms. The van der Waals surface area contributed by atoms with E-state index >= 15 is 0 Å². The van der Waals surface area contributed by atoms with Gasteiger partial charge in [0.1, 0.15) is 0 Å². The van der Waals surface area contributed by atoms with E-state index in [1.165, 1.54) is 11.3 Å². The fourth-order valence-corrected chi connectivity index (χ4v) is 3.35. The van der Waals surface area contributed by atoms with Gasteiger partial charge in [-0.15, -0.1) is 11.3 Å². The first-order chi connectivity index (χ1) is 12.0. The van der Waals surface area contributed by atoms with Gasteiger partial charge >= 0.3 is 0 Å². The second-order valence-corrected chi connectivity index (χ2v) is 6.70. The number of benzene rings is 1. The first-order valence-electron chi connectivity index (χ1n) is 8.25. The fourth-order valence-electron chi connectivity index (χ4n) is 2.39. The van der Waals surface area contributed by atoms with E-state index in [1.54, 1.807) is 0 Å². The number of aromatic nitrogens is 1. The molecular formula is C17H23N5O2S. The highest BCUT2D eigenvalue weighted by molar-refractivity contribution is 7.20. The van der Waals surface area contributed by atoms with Gasteiger partial charge in [-0.05, 0) is 31.4 Å². The highest BCUT2D eigenvalue weighted by Crippen LogP contribution is 2.23. The first-order valence-corrected chi connectivity index (χ1v) is 9.07. The molecule has 0 spiro atoms. The van der Waals surface area contributed by atoms with E-state index in [9.17, 15) is 9.59 Å². The van der Waals surface area contributed by atoms with E-state index in [2.05, 4.69) is 15.3 Å². The van der Waals surface area contributed by atoms with Crippen LogP contribution in [0.5, 0.6) is 0 Å². The highest BCUT2D eigenvalue weighted by atomic mass is 32.1. The minimum atomic E-state index is -0.617. The summed E-state index contributed by atoms with van der Waals surface area (Å²) in [6.45, 7) is 2.33. The van der Waals surface area contributed by atoms with Crippen molar-refractivity contribution >= 4 is 39.2 Å². The van der Waals surface area contributed by atoms with Crippen molar-refractivity contribution in [2.75, 3.05) is 6.54 Å². The number of hydrogen-bond acceptors (Lipinski definition) is 5. The van der Waals surface area contributed by atoms with Crippen molar-refractivity contribution < 1.29 is 9.59 Å². The first kappa shape index (κ1) is 18.9. The van der Waals surface area contributed by atoms with Crippen LogP contribution in [0, 0.1) is 0 Å². The molecule has 2 aromatic rings. The van der Waals surface area contributed by atoms with E-state index in [0.29, 0.717) is 30.8 Å². The number of guanidine groups is 1. The lowest BCUT2D eigenvalue weighted by molar-refractivity contribution is -0.121. The molecular weight excluding hydrogens is 338 g/mol. The number of fused-ring (bicyclic) bond motifs is 1. The number of nitrogens with two attached hydrogens (primary N) is 2. The molecule has 0 bridgehead atoms. The van der Waals surface area contributed by atoms with Gasteiger partial charge in [0, 0.05) is 13.0 Å². The van der Waals surface area contributed by atoms with E-state index in [1.807, 2.05) is 31.2 Å². The zero-order chi connectivity index (χ0) is 18.2. The van der Waals surface area contributed by atoms with Crippen molar-refractivity contribution in [3.05, 3.63) is 29.3 Å². The number of rotatable bonds is 9. The Bertz CT molecular complexity index is 734. The maximum Gasteiger partial charge on any atom is 0.220 e. The van der Waals surface area contributed by atoms with E-state index in [-0.39, 0.29) is 17.6 Å². The Balaban J connectivity index is 2.12. The number of nitrogens with one attached hydrogen (secondary N) is 1. The third-order valence-corrected chi connectivity index (χ3v) is 4.63. The number of nitrogens with zero attached hydrogens (tertiary/aromatic N) is 2. The number of carbonyl (C=O) groups excluding carboxylic acids is 2. The van der Waals surface area contributed by atoms with Gasteiger partial charge in [0.2, 0.25) is 11.7 Å². The van der Waals surface area contributed by atoms with Gasteiger partial charge in [0.15, 0.2) is 11.0 Å². The van der Waals surface area contributed by atoms with Crippen LogP contribution in [0.25, 0.3) is 10.2 Å². The quantitative estimate of drug-likeness (QED) is 0.272. The molecule has 2 rings (SSSR count). The minimum absolute atomic E-state index is 0.0177. The molecule has 1 atom stereocenters. The number of para-hydroxylation sites is 1. The maximum absolute atomic E-state index is 12.8. The predicted molar refractivity (Wildman–Crippen MR) is 101 cm³/mol. The summed E-state index contributed by atoms with van der Waals surface area (Å²) in [5.41, 5.74) is 11.4. The number of Topliss-reactive ketones (excluding diaryl/α,β-unsaturated/α-hetero) is 1. The Morgan fingerprint density at radius 1 is 1.32 bits per heavy atom. The number of thiazole rings is 1. The Hall–Kier alpha value is -2.48. The average molecular weight is 361 g/mol. The molecule has 1 aromatic heterocycles. The van der Waals surface area contributed by atoms with Crippen molar-refractivity contribution in [2.45, 2.75) is 38.6 Å². The van der Waals surface area contributed by atoms with Crippen molar-refractivity contribution in [2.24, 2.45) is 16.5 Å². The molecule has 1 amide bonds. The van der Waals surface area contributed by atoms with Crippen molar-refractivity contribution in [3.63, 3.8) is 0 Å². The van der Waals surface area contributed by atoms with Gasteiger partial charge in [-0.25, -0.2) is 4.98 Å². The van der Waals surface area contributed by atoms with Gasteiger partial charge < -0.3 is 16.8 Å². The van der Waals surface area contributed by atoms with Gasteiger partial charge in [-0.3, -0.25) is 14.6 Å². The second-order valence-electron chi connectivity index (χ2n) is 5.67. The lowest BCUT2D eigenvalue weighted by atomic mass is 10.1. The molecule has 0 saturated heterocycles. The van der Waals surface area contributed by atoms with Crippen molar-refractivity contribution in [3.8, 4) is 0 Å². The van der Waals surface area contributed by atoms with Gasteiger partial charge in [-0.2, -0.15) is 0 Å². The summed E-state index contributed by atoms with van der Waals surface area (Å²) in [6.07, 6.45) is 2.16. The summed E-state index contributed by atoms with van der Waals surface area (Å²) in [7, 11) is 0. The average Bonchev–Trinajstić information content (AvgIpc) is 3.01. The summed E-state index contributed by atoms with van der Waals surface area (Å²) in [6, 6.07) is 6.96. The van der Waals surface area contributed by atoms with Crippen LogP contribution in [-0.4, -0.2) is 35.2 Å². The standard InChI is InChI=1S/C17H23N5O2S/c1-2-6-14(23)21-12(8-5-10-20-17(18)19)15(24)16-22-11-7-3-4-9-13(11)25-16/h3-4,7,9,12H,2,5-6,8,10H2,1H3,(H,21,23)(H4,18,19,20). The highest BCUT2D eigenvalue weighted by Gasteiger charge is 2.24. The number of ketones is 1. The molecule has 0 aliphatic rings. The Labute approximate surface area is 150 Å². The molecule has 5 N–H and O–H groups in total. The van der Waals surface area contributed by atoms with Crippen LogP contribution < -0.4 is 16.8 Å². The Morgan fingerprint density at radius 3 is 2.76 bits per heavy atom. The second kappa shape index (κ2) is 9.12. The number of carbonyl (C=O) groups is 2. The van der Waals surface area contributed by atoms with Crippen LogP contribution >= 0.6 is 11.3 Å². The van der Waals surface area contributed by atoms with E-state index < -0.39 is 6.04 Å². The molecule has 8 heteroatoms. The number of hydrogen-bond donors (Lipinski definition) is 3. The van der Waals surface area contributed by atoms with Crippen LogP contribution in [0.3, 0.4) is 0 Å². The van der Waals surface area contributed by atoms with Crippen LogP contribution in [-0.2, 0) is 4.79 Å². The molecule has 134 valence electrons. The summed E-state index contributed by atoms with van der Waals surface area (Å²) in [5, 5.41) is 3.22. The topological polar surface area (TPSA) is 123 Å². The molecule has 1 aromatic carbocycles. The van der Waals surface area contributed by atoms with E-state index in [0.717, 1.165) is 16.6 Å². The van der Waals surface area contributed by atoms with Crippen molar-refractivity contribution in [1.29, 1.82) is 0 Å². The normalized spacial score (nSPS) is 11.9. The Kier molecular flexibility index (Phi) is 6.88. The van der Waals surface area contributed by atoms with E-state index in [4.69, 9.17) is 11.5 Å². The lowest BCUT2D eigenvalue weighted by Gasteiger charge is -2.16. The third-order valence-electron chi connectivity index (χ3n) is 3.58. The van der Waals surface area contributed by atoms with Crippen molar-refractivity contribution in [1.82, 2.24) is 10.3 Å². The van der Waals surface area contributed by atoms with Gasteiger partial charge in [0.05, 0.1) is 16.3 Å². The largest absolute Gasteiger partial charge is 0.370 e. The minimum Gasteiger partial charge on any atom is -0.370 e. The Morgan fingerprint density at radius 2 is 2.08 bits per heavy atom. The molecule has 0 fully saturated rings. The molecule has 0 radical (unpaired) electrons. The molecule has 1 heterocycles. The summed E-state index contributed by atoms with van der Waals surface area (Å²) < 4.78 is 0.949. The van der Waals surface area contributed by atoms with Crippen LogP contribution in [0.1, 0.15) is 42.4 Å². The van der Waals surface area contributed by atoms with Crippen LogP contribution in [0.15, 0.2) is 29.3 Å². The van der Waals surface area contributed by atoms with Crippen LogP contribution in [0.2, 0.25) is 0 Å². The zero-order valence-corrected chi connectivity index (χ0v) is 15.0. The molecule has 1 unspecified atom stereocenters. The lowest BCUT2D eigenvalue weighted by Crippen LogP contribution is -2.41. The number of amides is 1. The monoisotopic (exact) mass is 361 g/mol. The fraction of sp³-hybridized carbons (Fsp3) is 0.412. The number of aliphatic imine (C=N–C) groups is 1. The summed E-state index contributed by atoms with van der Waals surface area (Å²) in [4.78, 5) is 33.1. The molecule has 0 saturated carbocycles. The third kappa shape index (κ3) is 5.53. The van der Waals surface area contributed by atoms with Gasteiger partial charge in [-0.1, -0.05) is 19.1 Å². The summed E-state index contributed by atoms with van der Waals surface area (Å²) >= 11 is 1.34. The smallest absolute Gasteiger partial charge is 0.220 e. The predicted octanol–water partition coefficient (Wildman–Crippen LogP) is 1.82. The maximum atomic E-state index is 12.8. The molecule has 0 aliphatic heterocycles. The molecule has 0 aliphatic carbocycles. The van der Waals surface area contributed by atoms with Gasteiger partial charge in [0.25, 0.3) is 0 Å². The zero-order valence-electron chi connectivity index (χ0n) is 14.2.